The van der Waals surface area contributed by atoms with E-state index in [0.717, 1.165) is 5.69 Å². The highest BCUT2D eigenvalue weighted by Gasteiger charge is 2.16. The molecule has 0 bridgehead atoms. The van der Waals surface area contributed by atoms with Gasteiger partial charge in [-0.2, -0.15) is 0 Å². The van der Waals surface area contributed by atoms with E-state index < -0.39 is 0 Å². The predicted molar refractivity (Wildman–Crippen MR) is 68.9 cm³/mol. The van der Waals surface area contributed by atoms with E-state index in [1.54, 1.807) is 30.1 Å². The van der Waals surface area contributed by atoms with Gasteiger partial charge in [0, 0.05) is 29.7 Å². The van der Waals surface area contributed by atoms with Crippen LogP contribution in [0.25, 0.3) is 0 Å². The normalized spacial score (nSPS) is 12.7. The number of nitrogens with two attached hydrogens (primary N) is 1. The van der Waals surface area contributed by atoms with Gasteiger partial charge < -0.3 is 0 Å². The second kappa shape index (κ2) is 5.55. The van der Waals surface area contributed by atoms with E-state index in [-0.39, 0.29) is 11.9 Å². The molecule has 0 amide bonds. The van der Waals surface area contributed by atoms with E-state index in [4.69, 9.17) is 5.84 Å². The highest BCUT2D eigenvalue weighted by Crippen LogP contribution is 2.22. The first kappa shape index (κ1) is 13.1. The van der Waals surface area contributed by atoms with Crippen LogP contribution in [-0.2, 0) is 13.5 Å². The largest absolute Gasteiger partial charge is 0.271 e. The van der Waals surface area contributed by atoms with Crippen molar-refractivity contribution >= 4 is 15.9 Å². The third-order valence-corrected chi connectivity index (χ3v) is 3.10. The third-order valence-electron chi connectivity index (χ3n) is 2.60. The molecule has 0 aliphatic heterocycles. The highest BCUT2D eigenvalue weighted by molar-refractivity contribution is 9.10. The van der Waals surface area contributed by atoms with Crippen molar-refractivity contribution in [3.05, 3.63) is 45.9 Å². The van der Waals surface area contributed by atoms with Crippen LogP contribution in [-0.4, -0.2) is 15.0 Å². The monoisotopic (exact) mass is 313 g/mol. The minimum absolute atomic E-state index is 0.309. The van der Waals surface area contributed by atoms with Gasteiger partial charge in [-0.25, -0.2) is 4.39 Å². The summed E-state index contributed by atoms with van der Waals surface area (Å²) in [6.07, 6.45) is 2.25. The maximum absolute atomic E-state index is 13.8. The number of nitrogens with zero attached hydrogens (tertiary/aromatic N) is 3. The average Bonchev–Trinajstić information content (AvgIpc) is 2.72. The molecule has 0 fully saturated rings. The molecule has 0 aliphatic carbocycles. The van der Waals surface area contributed by atoms with Crippen LogP contribution < -0.4 is 11.3 Å². The van der Waals surface area contributed by atoms with E-state index in [1.807, 2.05) is 0 Å². The van der Waals surface area contributed by atoms with E-state index in [0.29, 0.717) is 16.5 Å². The van der Waals surface area contributed by atoms with Gasteiger partial charge in [-0.15, -0.1) is 5.10 Å². The van der Waals surface area contributed by atoms with Gasteiger partial charge in [0.05, 0.1) is 11.7 Å². The van der Waals surface area contributed by atoms with Crippen LogP contribution in [0.5, 0.6) is 0 Å². The van der Waals surface area contributed by atoms with Gasteiger partial charge in [-0.3, -0.25) is 16.0 Å². The van der Waals surface area contributed by atoms with Crippen LogP contribution >= 0.6 is 15.9 Å². The molecule has 1 atom stereocenters. The number of hydrogen-bond donors (Lipinski definition) is 2. The first-order valence-electron chi connectivity index (χ1n) is 5.36. The van der Waals surface area contributed by atoms with Gasteiger partial charge in [-0.05, 0) is 12.1 Å². The highest BCUT2D eigenvalue weighted by atomic mass is 79.9. The fourth-order valence-electron chi connectivity index (χ4n) is 1.74. The Bertz CT molecular complexity index is 542. The summed E-state index contributed by atoms with van der Waals surface area (Å²) in [5, 5.41) is 7.79. The Morgan fingerprint density at radius 3 is 2.89 bits per heavy atom. The van der Waals surface area contributed by atoms with Crippen LogP contribution in [0, 0.1) is 5.82 Å². The second-order valence-corrected chi connectivity index (χ2v) is 4.89. The number of hydrogen-bond acceptors (Lipinski definition) is 4. The van der Waals surface area contributed by atoms with Crippen molar-refractivity contribution in [3.8, 4) is 0 Å². The maximum atomic E-state index is 13.8. The topological polar surface area (TPSA) is 68.8 Å². The summed E-state index contributed by atoms with van der Waals surface area (Å²) in [6.45, 7) is 0. The molecule has 7 heteroatoms. The summed E-state index contributed by atoms with van der Waals surface area (Å²) in [5.41, 5.74) is 3.86. The molecule has 3 N–H and O–H groups in total. The van der Waals surface area contributed by atoms with Crippen LogP contribution in [0.4, 0.5) is 4.39 Å². The van der Waals surface area contributed by atoms with Crippen LogP contribution in [0.2, 0.25) is 0 Å². The van der Waals surface area contributed by atoms with Crippen LogP contribution in [0.15, 0.2) is 28.9 Å². The number of aryl methyl sites for hydroxylation is 1. The summed E-state index contributed by atoms with van der Waals surface area (Å²) >= 11 is 3.22. The Labute approximate surface area is 112 Å². The first-order chi connectivity index (χ1) is 8.60. The van der Waals surface area contributed by atoms with Crippen molar-refractivity contribution in [3.63, 3.8) is 0 Å². The molecule has 0 aliphatic rings. The molecular weight excluding hydrogens is 301 g/mol. The Kier molecular flexibility index (Phi) is 4.05. The minimum atomic E-state index is -0.338. The lowest BCUT2D eigenvalue weighted by Gasteiger charge is -2.15. The Morgan fingerprint density at radius 1 is 1.56 bits per heavy atom. The van der Waals surface area contributed by atoms with Crippen molar-refractivity contribution in [1.29, 1.82) is 0 Å². The van der Waals surface area contributed by atoms with E-state index in [1.165, 1.54) is 6.07 Å². The molecule has 0 spiro atoms. The molecule has 0 radical (unpaired) electrons. The van der Waals surface area contributed by atoms with Crippen molar-refractivity contribution in [2.75, 3.05) is 0 Å². The summed E-state index contributed by atoms with van der Waals surface area (Å²) < 4.78 is 16.1. The summed E-state index contributed by atoms with van der Waals surface area (Å²) in [6, 6.07) is 4.55. The number of halogens is 2. The van der Waals surface area contributed by atoms with E-state index in [2.05, 4.69) is 31.7 Å². The first-order valence-corrected chi connectivity index (χ1v) is 6.15. The zero-order valence-electron chi connectivity index (χ0n) is 9.77. The zero-order valence-corrected chi connectivity index (χ0v) is 11.4. The maximum Gasteiger partial charge on any atom is 0.129 e. The Hall–Kier alpha value is -1.31. The molecule has 96 valence electrons. The van der Waals surface area contributed by atoms with Gasteiger partial charge in [0.1, 0.15) is 5.82 Å². The Morgan fingerprint density at radius 2 is 2.33 bits per heavy atom. The van der Waals surface area contributed by atoms with Crippen molar-refractivity contribution < 1.29 is 4.39 Å². The molecule has 0 saturated heterocycles. The van der Waals surface area contributed by atoms with Gasteiger partial charge in [0.15, 0.2) is 0 Å². The second-order valence-electron chi connectivity index (χ2n) is 3.97. The smallest absolute Gasteiger partial charge is 0.129 e. The van der Waals surface area contributed by atoms with Crippen LogP contribution in [0.3, 0.4) is 0 Å². The van der Waals surface area contributed by atoms with Crippen molar-refractivity contribution in [2.24, 2.45) is 12.9 Å². The molecule has 2 aromatic rings. The van der Waals surface area contributed by atoms with Gasteiger partial charge in [-0.1, -0.05) is 27.2 Å². The quantitative estimate of drug-likeness (QED) is 0.662. The number of rotatable bonds is 4. The number of nitrogens with one attached hydrogen (secondary N) is 1. The van der Waals surface area contributed by atoms with Crippen molar-refractivity contribution in [1.82, 2.24) is 20.4 Å². The van der Waals surface area contributed by atoms with E-state index >= 15 is 0 Å². The molecule has 0 saturated carbocycles. The van der Waals surface area contributed by atoms with Gasteiger partial charge in [0.2, 0.25) is 0 Å². The van der Waals surface area contributed by atoms with E-state index in [9.17, 15) is 4.39 Å². The molecule has 5 nitrogen and oxygen atoms in total. The fourth-order valence-corrected chi connectivity index (χ4v) is 2.07. The van der Waals surface area contributed by atoms with Crippen molar-refractivity contribution in [2.45, 2.75) is 12.5 Å². The predicted octanol–water partition coefficient (Wildman–Crippen LogP) is 1.46. The fraction of sp³-hybridized carbons (Fsp3) is 0.273. The molecule has 18 heavy (non-hydrogen) atoms. The zero-order chi connectivity index (χ0) is 13.1. The minimum Gasteiger partial charge on any atom is -0.271 e. The lowest BCUT2D eigenvalue weighted by atomic mass is 10.0. The molecule has 1 aromatic heterocycles. The molecular formula is C11H13BrFN5. The lowest BCUT2D eigenvalue weighted by molar-refractivity contribution is 0.506. The Balaban J connectivity index is 2.22. The van der Waals surface area contributed by atoms with Gasteiger partial charge >= 0.3 is 0 Å². The summed E-state index contributed by atoms with van der Waals surface area (Å²) in [5.74, 6) is 5.17. The summed E-state index contributed by atoms with van der Waals surface area (Å²) in [7, 11) is 1.78. The average molecular weight is 314 g/mol. The van der Waals surface area contributed by atoms with Gasteiger partial charge in [0.25, 0.3) is 0 Å². The molecule has 1 aromatic carbocycles. The lowest BCUT2D eigenvalue weighted by Crippen LogP contribution is -2.30. The molecule has 1 unspecified atom stereocenters. The number of benzene rings is 1. The third kappa shape index (κ3) is 2.92. The number of aromatic nitrogens is 3. The molecule has 2 rings (SSSR count). The SMILES string of the molecule is Cn1cc(CC(NN)c2ccc(Br)cc2F)nn1. The number of hydrazine groups is 1. The molecule has 1 heterocycles. The van der Waals surface area contributed by atoms with Crippen LogP contribution in [0.1, 0.15) is 17.3 Å². The standard InChI is InChI=1S/C11H13BrFN5/c1-18-6-8(16-17-18)5-11(15-14)9-3-2-7(12)4-10(9)13/h2-4,6,11,15H,5,14H2,1H3. The summed E-state index contributed by atoms with van der Waals surface area (Å²) in [4.78, 5) is 0.